The van der Waals surface area contributed by atoms with Gasteiger partial charge in [0.2, 0.25) is 0 Å². The highest BCUT2D eigenvalue weighted by atomic mass is 35.5. The fourth-order valence-corrected chi connectivity index (χ4v) is 2.51. The van der Waals surface area contributed by atoms with Crippen molar-refractivity contribution in [3.05, 3.63) is 53.9 Å². The van der Waals surface area contributed by atoms with E-state index >= 15 is 0 Å². The van der Waals surface area contributed by atoms with Gasteiger partial charge in [0.25, 0.3) is 5.56 Å². The number of hydrogen-bond acceptors (Lipinski definition) is 5. The second-order valence-corrected chi connectivity index (χ2v) is 4.95. The van der Waals surface area contributed by atoms with E-state index in [9.17, 15) is 14.4 Å². The number of hydrogen-bond donors (Lipinski definition) is 1. The molecule has 0 saturated heterocycles. The number of rotatable bonds is 3. The number of nitrogens with one attached hydrogen (secondary N) is 1. The normalized spacial score (nSPS) is 10.4. The van der Waals surface area contributed by atoms with Gasteiger partial charge in [-0.25, -0.2) is 9.59 Å². The Morgan fingerprint density at radius 1 is 1.53 bits per heavy atom. The molecular formula is C11H9ClN2O4S. The number of carbonyl (C=O) groups is 1. The van der Waals surface area contributed by atoms with Crippen LogP contribution in [0.5, 0.6) is 0 Å². The molecule has 8 heteroatoms. The molecule has 100 valence electrons. The van der Waals surface area contributed by atoms with Crippen molar-refractivity contribution in [2.45, 2.75) is 6.54 Å². The lowest BCUT2D eigenvalue weighted by Gasteiger charge is -2.05. The van der Waals surface area contributed by atoms with Gasteiger partial charge in [0.15, 0.2) is 0 Å². The number of carbonyl (C=O) groups excluding carboxylic acids is 1. The Hall–Kier alpha value is -1.86. The van der Waals surface area contributed by atoms with Crippen molar-refractivity contribution >= 4 is 28.9 Å². The number of esters is 1. The molecule has 0 atom stereocenters. The van der Waals surface area contributed by atoms with Gasteiger partial charge in [-0.05, 0) is 17.0 Å². The highest BCUT2D eigenvalue weighted by Gasteiger charge is 2.14. The van der Waals surface area contributed by atoms with Gasteiger partial charge < -0.3 is 4.74 Å². The number of H-pyrrole nitrogens is 1. The van der Waals surface area contributed by atoms with Crippen LogP contribution >= 0.6 is 22.9 Å². The third-order valence-electron chi connectivity index (χ3n) is 2.43. The summed E-state index contributed by atoms with van der Waals surface area (Å²) in [7, 11) is 1.29. The van der Waals surface area contributed by atoms with E-state index in [-0.39, 0.29) is 11.6 Å². The average Bonchev–Trinajstić information content (AvgIpc) is 2.83. The molecule has 1 N–H and O–H groups in total. The van der Waals surface area contributed by atoms with Crippen molar-refractivity contribution < 1.29 is 9.53 Å². The molecule has 2 aromatic heterocycles. The molecule has 0 radical (unpaired) electrons. The molecule has 0 aliphatic rings. The lowest BCUT2D eigenvalue weighted by Crippen LogP contribution is -2.30. The van der Waals surface area contributed by atoms with E-state index in [0.717, 1.165) is 0 Å². The number of nitrogens with zero attached hydrogens (tertiary/aromatic N) is 1. The predicted octanol–water partition coefficient (Wildman–Crippen LogP) is 1.09. The van der Waals surface area contributed by atoms with E-state index in [1.807, 2.05) is 0 Å². The molecule has 6 nitrogen and oxygen atoms in total. The number of ether oxygens (including phenoxy) is 1. The monoisotopic (exact) mass is 300 g/mol. The molecule has 2 aromatic rings. The minimum atomic E-state index is -0.638. The summed E-state index contributed by atoms with van der Waals surface area (Å²) >= 11 is 6.88. The first-order chi connectivity index (χ1) is 9.02. The van der Waals surface area contributed by atoms with Crippen molar-refractivity contribution in [2.75, 3.05) is 7.11 Å². The minimum absolute atomic E-state index is 0.0885. The molecule has 0 amide bonds. The SMILES string of the molecule is COC(=O)c1sccc1Cn1cc(Cl)c(=O)[nH]c1=O. The fraction of sp³-hybridized carbons (Fsp3) is 0.182. The molecule has 2 heterocycles. The van der Waals surface area contributed by atoms with Gasteiger partial charge in [0.05, 0.1) is 13.7 Å². The van der Waals surface area contributed by atoms with E-state index in [1.165, 1.54) is 29.2 Å². The Morgan fingerprint density at radius 3 is 2.95 bits per heavy atom. The molecular weight excluding hydrogens is 292 g/mol. The summed E-state index contributed by atoms with van der Waals surface area (Å²) in [4.78, 5) is 36.8. The van der Waals surface area contributed by atoms with Crippen molar-refractivity contribution in [1.82, 2.24) is 9.55 Å². The van der Waals surface area contributed by atoms with Gasteiger partial charge in [-0.15, -0.1) is 11.3 Å². The molecule has 0 fully saturated rings. The number of aromatic nitrogens is 2. The van der Waals surface area contributed by atoms with Gasteiger partial charge in [-0.2, -0.15) is 0 Å². The Morgan fingerprint density at radius 2 is 2.26 bits per heavy atom. The Balaban J connectivity index is 2.40. The summed E-state index contributed by atoms with van der Waals surface area (Å²) < 4.78 is 5.87. The zero-order valence-electron chi connectivity index (χ0n) is 9.81. The maximum atomic E-state index is 11.6. The second kappa shape index (κ2) is 5.41. The number of methoxy groups -OCH3 is 1. The van der Waals surface area contributed by atoms with Crippen LogP contribution in [-0.2, 0) is 11.3 Å². The van der Waals surface area contributed by atoms with Crippen molar-refractivity contribution in [2.24, 2.45) is 0 Å². The summed E-state index contributed by atoms with van der Waals surface area (Å²) in [5.41, 5.74) is -0.597. The topological polar surface area (TPSA) is 81.2 Å². The lowest BCUT2D eigenvalue weighted by molar-refractivity contribution is 0.0605. The van der Waals surface area contributed by atoms with Gasteiger partial charge in [0.1, 0.15) is 9.90 Å². The minimum Gasteiger partial charge on any atom is -0.465 e. The first-order valence-corrected chi connectivity index (χ1v) is 6.42. The highest BCUT2D eigenvalue weighted by Crippen LogP contribution is 2.18. The molecule has 0 spiro atoms. The first-order valence-electron chi connectivity index (χ1n) is 5.17. The Bertz CT molecular complexity index is 731. The van der Waals surface area contributed by atoms with Gasteiger partial charge in [-0.3, -0.25) is 14.3 Å². The second-order valence-electron chi connectivity index (χ2n) is 3.63. The van der Waals surface area contributed by atoms with Crippen LogP contribution in [0.25, 0.3) is 0 Å². The van der Waals surface area contributed by atoms with Crippen LogP contribution in [0.1, 0.15) is 15.2 Å². The van der Waals surface area contributed by atoms with Crippen molar-refractivity contribution in [1.29, 1.82) is 0 Å². The van der Waals surface area contributed by atoms with Crippen LogP contribution in [-0.4, -0.2) is 22.6 Å². The summed E-state index contributed by atoms with van der Waals surface area (Å²) in [6.45, 7) is 0.128. The zero-order chi connectivity index (χ0) is 14.0. The quantitative estimate of drug-likeness (QED) is 0.860. The van der Waals surface area contributed by atoms with Crippen LogP contribution < -0.4 is 11.2 Å². The Labute approximate surface area is 116 Å². The maximum absolute atomic E-state index is 11.6. The van der Waals surface area contributed by atoms with Gasteiger partial charge in [-0.1, -0.05) is 11.6 Å². The molecule has 0 aliphatic carbocycles. The molecule has 0 saturated carbocycles. The number of aromatic amines is 1. The Kier molecular flexibility index (Phi) is 3.87. The summed E-state index contributed by atoms with van der Waals surface area (Å²) in [6, 6.07) is 1.71. The largest absolute Gasteiger partial charge is 0.465 e. The number of halogens is 1. The molecule has 0 aliphatic heterocycles. The van der Waals surface area contributed by atoms with Crippen molar-refractivity contribution in [3.8, 4) is 0 Å². The van der Waals surface area contributed by atoms with E-state index < -0.39 is 17.2 Å². The van der Waals surface area contributed by atoms with Gasteiger partial charge >= 0.3 is 11.7 Å². The molecule has 0 bridgehead atoms. The van der Waals surface area contributed by atoms with E-state index in [2.05, 4.69) is 9.72 Å². The van der Waals surface area contributed by atoms with Crippen LogP contribution in [0.4, 0.5) is 0 Å². The predicted molar refractivity (Wildman–Crippen MR) is 71.1 cm³/mol. The van der Waals surface area contributed by atoms with Crippen LogP contribution in [0.2, 0.25) is 5.02 Å². The lowest BCUT2D eigenvalue weighted by atomic mass is 10.2. The van der Waals surface area contributed by atoms with E-state index in [4.69, 9.17) is 11.6 Å². The summed E-state index contributed by atoms with van der Waals surface area (Å²) in [5.74, 6) is -0.464. The highest BCUT2D eigenvalue weighted by molar-refractivity contribution is 7.12. The van der Waals surface area contributed by atoms with Crippen LogP contribution in [0.3, 0.4) is 0 Å². The van der Waals surface area contributed by atoms with Crippen LogP contribution in [0, 0.1) is 0 Å². The van der Waals surface area contributed by atoms with Gasteiger partial charge in [0, 0.05) is 6.20 Å². The standard InChI is InChI=1S/C11H9ClN2O4S/c1-18-10(16)8-6(2-3-19-8)4-14-5-7(12)9(15)13-11(14)17/h2-3,5H,4H2,1H3,(H,13,15,17). The number of thiophene rings is 1. The molecule has 19 heavy (non-hydrogen) atoms. The fourth-order valence-electron chi connectivity index (χ4n) is 1.52. The van der Waals surface area contributed by atoms with E-state index in [0.29, 0.717) is 10.4 Å². The third kappa shape index (κ3) is 2.77. The van der Waals surface area contributed by atoms with Crippen molar-refractivity contribution in [3.63, 3.8) is 0 Å². The summed E-state index contributed by atoms with van der Waals surface area (Å²) in [6.07, 6.45) is 1.24. The van der Waals surface area contributed by atoms with E-state index in [1.54, 1.807) is 11.4 Å². The average molecular weight is 301 g/mol. The smallest absolute Gasteiger partial charge is 0.348 e. The molecule has 0 unspecified atom stereocenters. The van der Waals surface area contributed by atoms with Crippen LogP contribution in [0.15, 0.2) is 27.2 Å². The zero-order valence-corrected chi connectivity index (χ0v) is 11.4. The molecule has 0 aromatic carbocycles. The summed E-state index contributed by atoms with van der Waals surface area (Å²) in [5, 5.41) is 1.63. The third-order valence-corrected chi connectivity index (χ3v) is 3.63. The molecule has 2 rings (SSSR count). The first kappa shape index (κ1) is 13.6. The maximum Gasteiger partial charge on any atom is 0.348 e.